The van der Waals surface area contributed by atoms with E-state index in [1.807, 2.05) is 0 Å². The summed E-state index contributed by atoms with van der Waals surface area (Å²) in [5, 5.41) is -0.183. The predicted octanol–water partition coefficient (Wildman–Crippen LogP) is 1.22. The van der Waals surface area contributed by atoms with E-state index in [4.69, 9.17) is 5.73 Å². The van der Waals surface area contributed by atoms with Crippen molar-refractivity contribution < 1.29 is 18.0 Å². The Hall–Kier alpha value is -1.05. The van der Waals surface area contributed by atoms with E-state index in [0.717, 1.165) is 0 Å². The van der Waals surface area contributed by atoms with Gasteiger partial charge in [0.2, 0.25) is 5.91 Å². The summed E-state index contributed by atoms with van der Waals surface area (Å²) in [5.74, 6) is -3.35. The zero-order chi connectivity index (χ0) is 13.1. The molecular weight excluding hydrogens is 255 g/mol. The van der Waals surface area contributed by atoms with Gasteiger partial charge < -0.3 is 5.73 Å². The lowest BCUT2D eigenvalue weighted by atomic mass is 9.78. The molecule has 98 valence electrons. The monoisotopic (exact) mass is 269 g/mol. The third-order valence-corrected chi connectivity index (χ3v) is 2.93. The molecule has 0 spiro atoms. The number of carbonyl (C=O) groups is 1. The minimum Gasteiger partial charge on any atom is -0.375 e. The van der Waals surface area contributed by atoms with E-state index in [1.54, 1.807) is 0 Å². The number of rotatable bonds is 1. The molecule has 1 rings (SSSR count). The number of carbonyl (C=O) groups excluding carboxylic acids is 1. The molecule has 2 unspecified atom stereocenters. The van der Waals surface area contributed by atoms with Crippen molar-refractivity contribution in [1.82, 2.24) is 10.9 Å². The number of hydrogen-bond acceptors (Lipinski definition) is 2. The molecule has 0 aromatic heterocycles. The predicted molar refractivity (Wildman–Crippen MR) is 59.6 cm³/mol. The molecule has 17 heavy (non-hydrogen) atoms. The number of halogens is 3. The van der Waals surface area contributed by atoms with Crippen LogP contribution >= 0.6 is 12.2 Å². The first-order chi connectivity index (χ1) is 7.82. The molecule has 4 nitrogen and oxygen atoms in total. The third kappa shape index (κ3) is 4.03. The van der Waals surface area contributed by atoms with Gasteiger partial charge in [-0.3, -0.25) is 15.6 Å². The largest absolute Gasteiger partial charge is 0.392 e. The average molecular weight is 269 g/mol. The Morgan fingerprint density at radius 2 is 1.82 bits per heavy atom. The minimum absolute atomic E-state index is 0.00530. The van der Waals surface area contributed by atoms with Gasteiger partial charge in [-0.25, -0.2) is 0 Å². The van der Waals surface area contributed by atoms with E-state index < -0.39 is 23.9 Å². The summed E-state index contributed by atoms with van der Waals surface area (Å²) in [6, 6.07) is 0. The maximum absolute atomic E-state index is 12.7. The molecule has 1 aliphatic carbocycles. The molecule has 0 saturated heterocycles. The summed E-state index contributed by atoms with van der Waals surface area (Å²) in [7, 11) is 0. The number of thiocarbonyl (C=S) groups is 1. The standard InChI is InChI=1S/C9H14F3N3OS/c10-9(11,12)6-4-2-1-3-5(6)7(16)14-15-8(13)17/h5-6H,1-4H2,(H,14,16)(H3,13,15,17). The average Bonchev–Trinajstić information content (AvgIpc) is 2.24. The zero-order valence-electron chi connectivity index (χ0n) is 9.01. The summed E-state index contributed by atoms with van der Waals surface area (Å²) in [5.41, 5.74) is 9.33. The molecule has 1 fully saturated rings. The van der Waals surface area contributed by atoms with Crippen LogP contribution in [-0.2, 0) is 4.79 Å². The molecule has 0 radical (unpaired) electrons. The van der Waals surface area contributed by atoms with Crippen LogP contribution in [0.2, 0.25) is 0 Å². The highest BCUT2D eigenvalue weighted by Crippen LogP contribution is 2.41. The molecule has 0 bridgehead atoms. The lowest BCUT2D eigenvalue weighted by Gasteiger charge is -2.31. The first-order valence-corrected chi connectivity index (χ1v) is 5.65. The Morgan fingerprint density at radius 1 is 1.24 bits per heavy atom. The van der Waals surface area contributed by atoms with Gasteiger partial charge in [0.1, 0.15) is 0 Å². The molecule has 1 aliphatic rings. The number of nitrogens with one attached hydrogen (secondary N) is 2. The lowest BCUT2D eigenvalue weighted by Crippen LogP contribution is -2.50. The van der Waals surface area contributed by atoms with Crippen molar-refractivity contribution >= 4 is 23.2 Å². The number of alkyl halides is 3. The summed E-state index contributed by atoms with van der Waals surface area (Å²) in [4.78, 5) is 11.6. The highest BCUT2D eigenvalue weighted by Gasteiger charge is 2.48. The van der Waals surface area contributed by atoms with Crippen LogP contribution in [0.5, 0.6) is 0 Å². The van der Waals surface area contributed by atoms with Crippen LogP contribution in [0.15, 0.2) is 0 Å². The molecule has 1 saturated carbocycles. The fraction of sp³-hybridized carbons (Fsp3) is 0.778. The van der Waals surface area contributed by atoms with Gasteiger partial charge in [-0.05, 0) is 25.1 Å². The van der Waals surface area contributed by atoms with Gasteiger partial charge in [-0.2, -0.15) is 13.2 Å². The van der Waals surface area contributed by atoms with Gasteiger partial charge in [0.05, 0.1) is 11.8 Å². The van der Waals surface area contributed by atoms with Crippen molar-refractivity contribution in [3.8, 4) is 0 Å². The van der Waals surface area contributed by atoms with Crippen molar-refractivity contribution in [3.63, 3.8) is 0 Å². The van der Waals surface area contributed by atoms with Crippen LogP contribution in [0.25, 0.3) is 0 Å². The van der Waals surface area contributed by atoms with E-state index in [1.165, 1.54) is 0 Å². The Kier molecular flexibility index (Phi) is 4.55. The molecule has 0 aliphatic heterocycles. The highest BCUT2D eigenvalue weighted by molar-refractivity contribution is 7.80. The fourth-order valence-corrected chi connectivity index (χ4v) is 2.10. The molecule has 2 atom stereocenters. The second-order valence-corrected chi connectivity index (χ2v) is 4.46. The molecule has 1 amide bonds. The number of hydrazine groups is 1. The summed E-state index contributed by atoms with van der Waals surface area (Å²) >= 11 is 4.45. The number of nitrogens with two attached hydrogens (primary N) is 1. The summed E-state index contributed by atoms with van der Waals surface area (Å²) in [6.07, 6.45) is -3.00. The first-order valence-electron chi connectivity index (χ1n) is 5.24. The highest BCUT2D eigenvalue weighted by atomic mass is 32.1. The lowest BCUT2D eigenvalue weighted by molar-refractivity contribution is -0.198. The van der Waals surface area contributed by atoms with E-state index in [2.05, 4.69) is 23.1 Å². The smallest absolute Gasteiger partial charge is 0.375 e. The van der Waals surface area contributed by atoms with Crippen LogP contribution in [-0.4, -0.2) is 17.2 Å². The van der Waals surface area contributed by atoms with Crippen LogP contribution < -0.4 is 16.6 Å². The number of amides is 1. The minimum atomic E-state index is -4.34. The second-order valence-electron chi connectivity index (χ2n) is 4.02. The Balaban J connectivity index is 2.64. The third-order valence-electron chi connectivity index (χ3n) is 2.83. The summed E-state index contributed by atoms with van der Waals surface area (Å²) in [6.45, 7) is 0. The van der Waals surface area contributed by atoms with Gasteiger partial charge >= 0.3 is 6.18 Å². The molecule has 4 N–H and O–H groups in total. The molecule has 0 aromatic carbocycles. The van der Waals surface area contributed by atoms with E-state index in [9.17, 15) is 18.0 Å². The summed E-state index contributed by atoms with van der Waals surface area (Å²) < 4.78 is 38.1. The van der Waals surface area contributed by atoms with Crippen molar-refractivity contribution in [2.75, 3.05) is 0 Å². The van der Waals surface area contributed by atoms with Gasteiger partial charge in [0, 0.05) is 0 Å². The molecular formula is C9H14F3N3OS. The Morgan fingerprint density at radius 3 is 2.35 bits per heavy atom. The topological polar surface area (TPSA) is 67.2 Å². The maximum atomic E-state index is 12.7. The maximum Gasteiger partial charge on any atom is 0.392 e. The molecule has 0 aromatic rings. The van der Waals surface area contributed by atoms with Crippen LogP contribution in [0, 0.1) is 11.8 Å². The van der Waals surface area contributed by atoms with Crippen molar-refractivity contribution in [3.05, 3.63) is 0 Å². The van der Waals surface area contributed by atoms with Crippen molar-refractivity contribution in [2.45, 2.75) is 31.9 Å². The second kappa shape index (κ2) is 5.52. The Labute approximate surface area is 102 Å². The van der Waals surface area contributed by atoms with Gasteiger partial charge in [-0.1, -0.05) is 12.8 Å². The normalized spacial score (nSPS) is 25.1. The van der Waals surface area contributed by atoms with Gasteiger partial charge in [0.15, 0.2) is 5.11 Å². The van der Waals surface area contributed by atoms with Crippen molar-refractivity contribution in [2.24, 2.45) is 17.6 Å². The SMILES string of the molecule is NC(=S)NNC(=O)C1CCCCC1C(F)(F)F. The van der Waals surface area contributed by atoms with E-state index in [0.29, 0.717) is 12.8 Å². The zero-order valence-corrected chi connectivity index (χ0v) is 9.83. The van der Waals surface area contributed by atoms with Gasteiger partial charge in [0.25, 0.3) is 0 Å². The van der Waals surface area contributed by atoms with Gasteiger partial charge in [-0.15, -0.1) is 0 Å². The van der Waals surface area contributed by atoms with Crippen LogP contribution in [0.3, 0.4) is 0 Å². The quantitative estimate of drug-likeness (QED) is 0.494. The number of hydrogen-bond donors (Lipinski definition) is 3. The first kappa shape index (κ1) is 14.0. The van der Waals surface area contributed by atoms with Crippen LogP contribution in [0.1, 0.15) is 25.7 Å². The van der Waals surface area contributed by atoms with E-state index in [-0.39, 0.29) is 18.0 Å². The Bertz CT molecular complexity index is 308. The van der Waals surface area contributed by atoms with E-state index >= 15 is 0 Å². The molecule has 8 heteroatoms. The fourth-order valence-electron chi connectivity index (χ4n) is 2.05. The molecule has 0 heterocycles. The van der Waals surface area contributed by atoms with Crippen LogP contribution in [0.4, 0.5) is 13.2 Å². The van der Waals surface area contributed by atoms with Crippen molar-refractivity contribution in [1.29, 1.82) is 0 Å².